The Kier molecular flexibility index (Phi) is 4.50. The van der Waals surface area contributed by atoms with Crippen LogP contribution >= 0.6 is 11.3 Å². The second kappa shape index (κ2) is 6.32. The molecule has 0 atom stereocenters. The molecule has 0 unspecified atom stereocenters. The van der Waals surface area contributed by atoms with E-state index >= 15 is 0 Å². The molecule has 2 rings (SSSR count). The van der Waals surface area contributed by atoms with Crippen LogP contribution in [0.3, 0.4) is 0 Å². The Hall–Kier alpha value is -1.90. The van der Waals surface area contributed by atoms with Crippen molar-refractivity contribution in [3.8, 4) is 11.8 Å². The molecule has 0 saturated heterocycles. The summed E-state index contributed by atoms with van der Waals surface area (Å²) in [5, 5.41) is 15.4. The number of hydrogen-bond acceptors (Lipinski definition) is 5. The van der Waals surface area contributed by atoms with Crippen molar-refractivity contribution in [1.82, 2.24) is 10.3 Å². The predicted octanol–water partition coefficient (Wildman–Crippen LogP) is 2.62. The fourth-order valence-corrected chi connectivity index (χ4v) is 2.48. The Morgan fingerprint density at radius 1 is 1.42 bits per heavy atom. The number of nitriles is 1. The molecule has 0 fully saturated rings. The lowest BCUT2D eigenvalue weighted by atomic mass is 10.1. The molecule has 1 heterocycles. The van der Waals surface area contributed by atoms with Crippen molar-refractivity contribution in [2.75, 3.05) is 7.11 Å². The van der Waals surface area contributed by atoms with Crippen molar-refractivity contribution in [2.24, 2.45) is 0 Å². The molecular formula is C14H15N3OS. The van der Waals surface area contributed by atoms with Gasteiger partial charge < -0.3 is 10.1 Å². The molecule has 4 nitrogen and oxygen atoms in total. The lowest BCUT2D eigenvalue weighted by Crippen LogP contribution is -2.12. The molecule has 0 radical (unpaired) electrons. The summed E-state index contributed by atoms with van der Waals surface area (Å²) in [6.45, 7) is 3.47. The maximum Gasteiger partial charge on any atom is 0.136 e. The Labute approximate surface area is 116 Å². The average Bonchev–Trinajstić information content (AvgIpc) is 2.84. The molecule has 5 heteroatoms. The van der Waals surface area contributed by atoms with Gasteiger partial charge in [-0.3, -0.25) is 0 Å². The summed E-state index contributed by atoms with van der Waals surface area (Å²) in [5.41, 5.74) is 2.70. The summed E-state index contributed by atoms with van der Waals surface area (Å²) in [4.78, 5) is 4.39. The highest BCUT2D eigenvalue weighted by atomic mass is 32.1. The zero-order valence-corrected chi connectivity index (χ0v) is 11.8. The molecule has 0 aliphatic rings. The zero-order chi connectivity index (χ0) is 13.7. The van der Waals surface area contributed by atoms with Crippen molar-refractivity contribution in [1.29, 1.82) is 5.26 Å². The first-order valence-electron chi connectivity index (χ1n) is 5.91. The molecule has 2 aromatic rings. The van der Waals surface area contributed by atoms with Crippen molar-refractivity contribution < 1.29 is 4.74 Å². The number of ether oxygens (including phenoxy) is 1. The number of hydrogen-bond donors (Lipinski definition) is 1. The van der Waals surface area contributed by atoms with Crippen LogP contribution in [0.1, 0.15) is 21.8 Å². The van der Waals surface area contributed by atoms with Crippen molar-refractivity contribution in [3.63, 3.8) is 0 Å². The Morgan fingerprint density at radius 2 is 2.26 bits per heavy atom. The molecule has 1 N–H and O–H groups in total. The Bertz CT molecular complexity index is 601. The van der Waals surface area contributed by atoms with E-state index in [4.69, 9.17) is 10.00 Å². The molecule has 1 aromatic heterocycles. The topological polar surface area (TPSA) is 57.9 Å². The molecule has 19 heavy (non-hydrogen) atoms. The minimum absolute atomic E-state index is 0.557. The highest BCUT2D eigenvalue weighted by Gasteiger charge is 2.04. The second-order valence-corrected chi connectivity index (χ2v) is 5.08. The maximum atomic E-state index is 8.91. The number of aryl methyl sites for hydroxylation is 1. The SMILES string of the molecule is COc1cc(CNCc2nc(C)cs2)ccc1C#N. The third-order valence-electron chi connectivity index (χ3n) is 2.66. The van der Waals surface area contributed by atoms with Gasteiger partial charge in [0.05, 0.1) is 12.7 Å². The van der Waals surface area contributed by atoms with Crippen molar-refractivity contribution in [2.45, 2.75) is 20.0 Å². The third-order valence-corrected chi connectivity index (χ3v) is 3.62. The highest BCUT2D eigenvalue weighted by Crippen LogP contribution is 2.19. The largest absolute Gasteiger partial charge is 0.495 e. The van der Waals surface area contributed by atoms with Crippen LogP contribution in [0.5, 0.6) is 5.75 Å². The van der Waals surface area contributed by atoms with Crippen LogP contribution in [-0.4, -0.2) is 12.1 Å². The molecule has 98 valence electrons. The summed E-state index contributed by atoms with van der Waals surface area (Å²) >= 11 is 1.66. The molecule has 0 saturated carbocycles. The minimum Gasteiger partial charge on any atom is -0.495 e. The summed E-state index contributed by atoms with van der Waals surface area (Å²) in [6, 6.07) is 7.71. The van der Waals surface area contributed by atoms with Gasteiger partial charge in [0.1, 0.15) is 16.8 Å². The van der Waals surface area contributed by atoms with Crippen molar-refractivity contribution in [3.05, 3.63) is 45.4 Å². The first-order chi connectivity index (χ1) is 9.22. The summed E-state index contributed by atoms with van der Waals surface area (Å²) < 4.78 is 5.18. The fourth-order valence-electron chi connectivity index (χ4n) is 1.74. The normalized spacial score (nSPS) is 10.2. The van der Waals surface area contributed by atoms with Gasteiger partial charge in [-0.25, -0.2) is 4.98 Å². The van der Waals surface area contributed by atoms with E-state index in [0.29, 0.717) is 11.3 Å². The van der Waals surface area contributed by atoms with Crippen molar-refractivity contribution >= 4 is 11.3 Å². The molecule has 0 amide bonds. The lowest BCUT2D eigenvalue weighted by molar-refractivity contribution is 0.412. The van der Waals surface area contributed by atoms with Gasteiger partial charge in [-0.15, -0.1) is 11.3 Å². The van der Waals surface area contributed by atoms with Gasteiger partial charge in [-0.05, 0) is 24.6 Å². The van der Waals surface area contributed by atoms with E-state index in [0.717, 1.165) is 29.4 Å². The number of nitrogens with one attached hydrogen (secondary N) is 1. The van der Waals surface area contributed by atoms with E-state index in [2.05, 4.69) is 16.4 Å². The quantitative estimate of drug-likeness (QED) is 0.909. The van der Waals surface area contributed by atoms with E-state index < -0.39 is 0 Å². The van der Waals surface area contributed by atoms with E-state index in [1.54, 1.807) is 24.5 Å². The number of nitrogens with zero attached hydrogens (tertiary/aromatic N) is 2. The molecule has 0 aliphatic heterocycles. The number of rotatable bonds is 5. The lowest BCUT2D eigenvalue weighted by Gasteiger charge is -2.07. The van der Waals surface area contributed by atoms with Gasteiger partial charge in [0.25, 0.3) is 0 Å². The van der Waals surface area contributed by atoms with Crippen LogP contribution < -0.4 is 10.1 Å². The van der Waals surface area contributed by atoms with Crippen LogP contribution in [0.25, 0.3) is 0 Å². The maximum absolute atomic E-state index is 8.91. The van der Waals surface area contributed by atoms with E-state index in [1.807, 2.05) is 24.4 Å². The fraction of sp³-hybridized carbons (Fsp3) is 0.286. The van der Waals surface area contributed by atoms with Gasteiger partial charge >= 0.3 is 0 Å². The van der Waals surface area contributed by atoms with Crippen LogP contribution in [0.4, 0.5) is 0 Å². The number of thiazole rings is 1. The van der Waals surface area contributed by atoms with E-state index in [9.17, 15) is 0 Å². The van der Waals surface area contributed by atoms with Gasteiger partial charge in [0.2, 0.25) is 0 Å². The molecule has 0 spiro atoms. The minimum atomic E-state index is 0.557. The summed E-state index contributed by atoms with van der Waals surface area (Å²) in [6.07, 6.45) is 0. The zero-order valence-electron chi connectivity index (χ0n) is 10.9. The first kappa shape index (κ1) is 13.5. The third kappa shape index (κ3) is 3.53. The number of benzene rings is 1. The molecule has 0 bridgehead atoms. The van der Waals surface area contributed by atoms with Gasteiger partial charge in [0, 0.05) is 24.2 Å². The Balaban J connectivity index is 1.94. The van der Waals surface area contributed by atoms with Gasteiger partial charge in [-0.1, -0.05) is 6.07 Å². The van der Waals surface area contributed by atoms with Crippen LogP contribution in [-0.2, 0) is 13.1 Å². The first-order valence-corrected chi connectivity index (χ1v) is 6.79. The standard InChI is InChI=1S/C14H15N3OS/c1-10-9-19-14(17-10)8-16-7-11-3-4-12(6-15)13(5-11)18-2/h3-5,9,16H,7-8H2,1-2H3. The van der Waals surface area contributed by atoms with Gasteiger partial charge in [0.15, 0.2) is 0 Å². The molecular weight excluding hydrogens is 258 g/mol. The second-order valence-electron chi connectivity index (χ2n) is 4.13. The number of methoxy groups -OCH3 is 1. The summed E-state index contributed by atoms with van der Waals surface area (Å²) in [7, 11) is 1.58. The van der Waals surface area contributed by atoms with Gasteiger partial charge in [-0.2, -0.15) is 5.26 Å². The van der Waals surface area contributed by atoms with Crippen LogP contribution in [0.15, 0.2) is 23.6 Å². The van der Waals surface area contributed by atoms with E-state index in [1.165, 1.54) is 0 Å². The van der Waals surface area contributed by atoms with Crippen LogP contribution in [0, 0.1) is 18.3 Å². The molecule has 0 aliphatic carbocycles. The van der Waals surface area contributed by atoms with E-state index in [-0.39, 0.29) is 0 Å². The number of aromatic nitrogens is 1. The Morgan fingerprint density at radius 3 is 2.89 bits per heavy atom. The van der Waals surface area contributed by atoms with Crippen LogP contribution in [0.2, 0.25) is 0 Å². The summed E-state index contributed by atoms with van der Waals surface area (Å²) in [5.74, 6) is 0.617. The smallest absolute Gasteiger partial charge is 0.136 e. The average molecular weight is 273 g/mol. The monoisotopic (exact) mass is 273 g/mol. The predicted molar refractivity (Wildman–Crippen MR) is 75.1 cm³/mol. The highest BCUT2D eigenvalue weighted by molar-refractivity contribution is 7.09. The molecule has 1 aromatic carbocycles.